The first-order valence-electron chi connectivity index (χ1n) is 7.97. The van der Waals surface area contributed by atoms with Crippen molar-refractivity contribution in [1.82, 2.24) is 20.1 Å². The molecule has 2 N–H and O–H groups in total. The predicted molar refractivity (Wildman–Crippen MR) is 93.7 cm³/mol. The van der Waals surface area contributed by atoms with E-state index in [-0.39, 0.29) is 12.2 Å². The molecule has 6 nitrogen and oxygen atoms in total. The highest BCUT2D eigenvalue weighted by molar-refractivity contribution is 5.89. The molecule has 0 fully saturated rings. The van der Waals surface area contributed by atoms with E-state index in [4.69, 9.17) is 0 Å². The minimum absolute atomic E-state index is 0.229. The molecular weight excluding hydrogens is 359 g/mol. The monoisotopic (exact) mass is 375 g/mol. The van der Waals surface area contributed by atoms with Crippen LogP contribution in [0.4, 0.5) is 23.7 Å². The van der Waals surface area contributed by atoms with E-state index in [0.717, 1.165) is 29.0 Å². The lowest BCUT2D eigenvalue weighted by molar-refractivity contribution is -0.137. The number of nitrogens with zero attached hydrogens (tertiary/aromatic N) is 3. The Labute approximate surface area is 153 Å². The van der Waals surface area contributed by atoms with E-state index < -0.39 is 17.8 Å². The maximum atomic E-state index is 12.5. The van der Waals surface area contributed by atoms with Gasteiger partial charge in [-0.15, -0.1) is 0 Å². The number of aromatic nitrogens is 3. The first-order valence-corrected chi connectivity index (χ1v) is 7.97. The molecule has 0 saturated heterocycles. The highest BCUT2D eigenvalue weighted by Gasteiger charge is 2.29. The number of carbonyl (C=O) groups is 1. The van der Waals surface area contributed by atoms with Gasteiger partial charge in [-0.3, -0.25) is 9.67 Å². The molecule has 2 amide bonds. The number of carbonyl (C=O) groups excluding carboxylic acids is 1. The standard InChI is InChI=1S/C18H16F3N5O/c1-26-11-13(10-24-26)16-7-2-12(8-22-16)9-23-17(27)25-15-5-3-14(4-6-15)18(19,20)21/h2-8,10-11H,9H2,1H3,(H2,23,25,27). The van der Waals surface area contributed by atoms with Gasteiger partial charge in [0.25, 0.3) is 0 Å². The highest BCUT2D eigenvalue weighted by Crippen LogP contribution is 2.29. The van der Waals surface area contributed by atoms with Crippen LogP contribution in [0.5, 0.6) is 0 Å². The van der Waals surface area contributed by atoms with Crippen LogP contribution < -0.4 is 10.6 Å². The van der Waals surface area contributed by atoms with E-state index in [1.54, 1.807) is 17.1 Å². The molecule has 0 radical (unpaired) electrons. The number of benzene rings is 1. The zero-order valence-corrected chi connectivity index (χ0v) is 14.3. The summed E-state index contributed by atoms with van der Waals surface area (Å²) >= 11 is 0. The van der Waals surface area contributed by atoms with Crippen LogP contribution in [0.3, 0.4) is 0 Å². The van der Waals surface area contributed by atoms with Crippen LogP contribution in [0.1, 0.15) is 11.1 Å². The second-order valence-electron chi connectivity index (χ2n) is 5.84. The fourth-order valence-electron chi connectivity index (χ4n) is 2.35. The van der Waals surface area contributed by atoms with E-state index in [1.165, 1.54) is 12.1 Å². The Morgan fingerprint density at radius 2 is 1.85 bits per heavy atom. The Kier molecular flexibility index (Phi) is 5.11. The maximum absolute atomic E-state index is 12.5. The quantitative estimate of drug-likeness (QED) is 0.728. The topological polar surface area (TPSA) is 71.8 Å². The van der Waals surface area contributed by atoms with Gasteiger partial charge >= 0.3 is 12.2 Å². The Morgan fingerprint density at radius 3 is 2.41 bits per heavy atom. The van der Waals surface area contributed by atoms with Gasteiger partial charge in [-0.2, -0.15) is 18.3 Å². The van der Waals surface area contributed by atoms with Crippen molar-refractivity contribution >= 4 is 11.7 Å². The van der Waals surface area contributed by atoms with Crippen LogP contribution in [0.2, 0.25) is 0 Å². The number of aryl methyl sites for hydroxylation is 1. The lowest BCUT2D eigenvalue weighted by Crippen LogP contribution is -2.28. The van der Waals surface area contributed by atoms with Gasteiger partial charge in [0.2, 0.25) is 0 Å². The van der Waals surface area contributed by atoms with Gasteiger partial charge in [0.15, 0.2) is 0 Å². The van der Waals surface area contributed by atoms with E-state index in [1.807, 2.05) is 25.4 Å². The molecule has 3 aromatic rings. The number of hydrogen-bond acceptors (Lipinski definition) is 3. The number of nitrogens with one attached hydrogen (secondary N) is 2. The summed E-state index contributed by atoms with van der Waals surface area (Å²) in [6.07, 6.45) is 0.784. The average molecular weight is 375 g/mol. The van der Waals surface area contributed by atoms with E-state index in [0.29, 0.717) is 0 Å². The Bertz CT molecular complexity index is 917. The molecule has 9 heteroatoms. The largest absolute Gasteiger partial charge is 0.416 e. The summed E-state index contributed by atoms with van der Waals surface area (Å²) in [7, 11) is 1.82. The normalized spacial score (nSPS) is 11.3. The van der Waals surface area contributed by atoms with Crippen molar-refractivity contribution in [3.8, 4) is 11.3 Å². The first kappa shape index (κ1) is 18.4. The van der Waals surface area contributed by atoms with Crippen molar-refractivity contribution in [3.05, 3.63) is 66.1 Å². The zero-order valence-electron chi connectivity index (χ0n) is 14.3. The zero-order chi connectivity index (χ0) is 19.4. The highest BCUT2D eigenvalue weighted by atomic mass is 19.4. The van der Waals surface area contributed by atoms with E-state index >= 15 is 0 Å². The molecule has 0 saturated carbocycles. The summed E-state index contributed by atoms with van der Waals surface area (Å²) in [6, 6.07) is 7.36. The van der Waals surface area contributed by atoms with Crippen molar-refractivity contribution in [2.75, 3.05) is 5.32 Å². The number of urea groups is 1. The fraction of sp³-hybridized carbons (Fsp3) is 0.167. The van der Waals surface area contributed by atoms with Gasteiger partial charge in [-0.25, -0.2) is 4.79 Å². The van der Waals surface area contributed by atoms with Gasteiger partial charge < -0.3 is 10.6 Å². The molecule has 0 bridgehead atoms. The molecule has 0 spiro atoms. The summed E-state index contributed by atoms with van der Waals surface area (Å²) in [6.45, 7) is 0.229. The van der Waals surface area contributed by atoms with Crippen molar-refractivity contribution in [3.63, 3.8) is 0 Å². The number of hydrogen-bond donors (Lipinski definition) is 2. The third-order valence-corrected chi connectivity index (χ3v) is 3.75. The smallest absolute Gasteiger partial charge is 0.334 e. The summed E-state index contributed by atoms with van der Waals surface area (Å²) in [4.78, 5) is 16.2. The van der Waals surface area contributed by atoms with Crippen molar-refractivity contribution in [1.29, 1.82) is 0 Å². The van der Waals surface area contributed by atoms with Crippen LogP contribution in [-0.2, 0) is 19.8 Å². The summed E-state index contributed by atoms with van der Waals surface area (Å²) in [5, 5.41) is 9.19. The molecule has 3 rings (SSSR count). The molecule has 0 aliphatic carbocycles. The molecule has 140 valence electrons. The Balaban J connectivity index is 1.53. The van der Waals surface area contributed by atoms with E-state index in [2.05, 4.69) is 20.7 Å². The summed E-state index contributed by atoms with van der Waals surface area (Å²) in [5.41, 5.74) is 1.93. The Morgan fingerprint density at radius 1 is 1.11 bits per heavy atom. The predicted octanol–water partition coefficient (Wildman–Crippen LogP) is 3.82. The Hall–Kier alpha value is -3.36. The number of amides is 2. The van der Waals surface area contributed by atoms with Gasteiger partial charge in [-0.05, 0) is 35.9 Å². The van der Waals surface area contributed by atoms with Crippen LogP contribution >= 0.6 is 0 Å². The third kappa shape index (κ3) is 4.84. The number of rotatable bonds is 4. The number of alkyl halides is 3. The van der Waals surface area contributed by atoms with Crippen LogP contribution in [-0.4, -0.2) is 20.8 Å². The molecule has 0 atom stereocenters. The molecule has 0 aliphatic rings. The number of anilines is 1. The maximum Gasteiger partial charge on any atom is 0.416 e. The second-order valence-corrected chi connectivity index (χ2v) is 5.84. The lowest BCUT2D eigenvalue weighted by atomic mass is 10.2. The van der Waals surface area contributed by atoms with E-state index in [9.17, 15) is 18.0 Å². The molecule has 0 aliphatic heterocycles. The molecular formula is C18H16F3N5O. The first-order chi connectivity index (χ1) is 12.8. The van der Waals surface area contributed by atoms with Gasteiger partial charge in [0.05, 0.1) is 17.5 Å². The molecule has 27 heavy (non-hydrogen) atoms. The van der Waals surface area contributed by atoms with Crippen LogP contribution in [0.15, 0.2) is 55.0 Å². The molecule has 0 unspecified atom stereocenters. The average Bonchev–Trinajstić information content (AvgIpc) is 3.06. The number of pyridine rings is 1. The third-order valence-electron chi connectivity index (χ3n) is 3.75. The van der Waals surface area contributed by atoms with Crippen LogP contribution in [0.25, 0.3) is 11.3 Å². The van der Waals surface area contributed by atoms with Crippen molar-refractivity contribution < 1.29 is 18.0 Å². The summed E-state index contributed by atoms with van der Waals surface area (Å²) in [5.74, 6) is 0. The minimum atomic E-state index is -4.41. The van der Waals surface area contributed by atoms with Gasteiger partial charge in [0.1, 0.15) is 0 Å². The molecule has 1 aromatic carbocycles. The van der Waals surface area contributed by atoms with Gasteiger partial charge in [0, 0.05) is 37.2 Å². The fourth-order valence-corrected chi connectivity index (χ4v) is 2.35. The lowest BCUT2D eigenvalue weighted by Gasteiger charge is -2.10. The van der Waals surface area contributed by atoms with Crippen molar-refractivity contribution in [2.45, 2.75) is 12.7 Å². The van der Waals surface area contributed by atoms with Crippen LogP contribution in [0, 0.1) is 0 Å². The number of halogens is 3. The second kappa shape index (κ2) is 7.48. The molecule has 2 aromatic heterocycles. The molecule has 2 heterocycles. The minimum Gasteiger partial charge on any atom is -0.334 e. The summed E-state index contributed by atoms with van der Waals surface area (Å²) < 4.78 is 39.2. The van der Waals surface area contributed by atoms with Gasteiger partial charge in [-0.1, -0.05) is 6.07 Å². The van der Waals surface area contributed by atoms with Crippen molar-refractivity contribution in [2.24, 2.45) is 7.05 Å². The SMILES string of the molecule is Cn1cc(-c2ccc(CNC(=O)Nc3ccc(C(F)(F)F)cc3)cn2)cn1.